The molecule has 0 radical (unpaired) electrons. The van der Waals surface area contributed by atoms with Crippen LogP contribution in [0, 0.1) is 6.92 Å². The Hall–Kier alpha value is -2.89. The molecular weight excluding hydrogens is 551 g/mol. The molecule has 7 nitrogen and oxygen atoms in total. The van der Waals surface area contributed by atoms with Gasteiger partial charge in [-0.25, -0.2) is 18.4 Å². The highest BCUT2D eigenvalue weighted by Crippen LogP contribution is 2.37. The SMILES string of the molecule is Cc1cc(N2CCC[C@](CCc3cccc(C(F)(F)F)c3)(N(C)C)C2)cc(Cl)c1S(=O)(=O)Nc1ccncn1. The van der Waals surface area contributed by atoms with E-state index in [0.717, 1.165) is 31.1 Å². The molecule has 1 aromatic heterocycles. The topological polar surface area (TPSA) is 78.4 Å². The first kappa shape index (κ1) is 29.1. The molecule has 2 heterocycles. The summed E-state index contributed by atoms with van der Waals surface area (Å²) in [6.07, 6.45) is 1.22. The van der Waals surface area contributed by atoms with E-state index < -0.39 is 21.8 Å². The van der Waals surface area contributed by atoms with E-state index >= 15 is 0 Å². The molecule has 4 rings (SSSR count). The standard InChI is InChI=1S/C27H31ClF3N5O2S/c1-19-14-22(16-23(28)25(19)39(37,38)34-24-9-12-32-18-33-24)36-13-5-10-26(17-36,35(2)3)11-8-20-6-4-7-21(15-20)27(29,30)31/h4,6-7,9,12,14-16,18H,5,8,10-11,13,17H2,1-3H3,(H,32,33,34)/t26-/m1/s1. The van der Waals surface area contributed by atoms with Crippen LogP contribution in [-0.4, -0.2) is 56.0 Å². The zero-order valence-corrected chi connectivity index (χ0v) is 23.5. The van der Waals surface area contributed by atoms with Gasteiger partial charge in [-0.15, -0.1) is 0 Å². The van der Waals surface area contributed by atoms with Crippen LogP contribution in [0.3, 0.4) is 0 Å². The highest BCUT2D eigenvalue weighted by Gasteiger charge is 2.38. The number of benzene rings is 2. The average Bonchev–Trinajstić information content (AvgIpc) is 2.87. The summed E-state index contributed by atoms with van der Waals surface area (Å²) >= 11 is 6.55. The number of piperidine rings is 1. The van der Waals surface area contributed by atoms with E-state index in [4.69, 9.17) is 11.6 Å². The van der Waals surface area contributed by atoms with Gasteiger partial charge in [0.25, 0.3) is 10.0 Å². The summed E-state index contributed by atoms with van der Waals surface area (Å²) in [5, 5.41) is 0.0940. The number of aryl methyl sites for hydroxylation is 2. The van der Waals surface area contributed by atoms with Gasteiger partial charge in [-0.3, -0.25) is 4.72 Å². The molecule has 0 amide bonds. The summed E-state index contributed by atoms with van der Waals surface area (Å²) in [5.74, 6) is 0.136. The molecule has 0 saturated carbocycles. The highest BCUT2D eigenvalue weighted by molar-refractivity contribution is 7.92. The lowest BCUT2D eigenvalue weighted by atomic mass is 9.82. The molecule has 1 saturated heterocycles. The van der Waals surface area contributed by atoms with E-state index in [9.17, 15) is 21.6 Å². The number of nitrogens with one attached hydrogen (secondary N) is 1. The lowest BCUT2D eigenvalue weighted by Gasteiger charge is -2.48. The Labute approximate surface area is 232 Å². The maximum absolute atomic E-state index is 13.2. The van der Waals surface area contributed by atoms with Gasteiger partial charge >= 0.3 is 6.18 Å². The van der Waals surface area contributed by atoms with Crippen molar-refractivity contribution in [2.75, 3.05) is 36.8 Å². The van der Waals surface area contributed by atoms with Crippen molar-refractivity contribution in [3.8, 4) is 0 Å². The number of aromatic nitrogens is 2. The van der Waals surface area contributed by atoms with Gasteiger partial charge in [0.1, 0.15) is 17.0 Å². The smallest absolute Gasteiger partial charge is 0.370 e. The predicted octanol–water partition coefficient (Wildman–Crippen LogP) is 5.79. The van der Waals surface area contributed by atoms with Crippen LogP contribution in [0.1, 0.15) is 36.0 Å². The van der Waals surface area contributed by atoms with E-state index in [-0.39, 0.29) is 21.3 Å². The molecule has 0 unspecified atom stereocenters. The molecule has 0 spiro atoms. The lowest BCUT2D eigenvalue weighted by molar-refractivity contribution is -0.137. The second-order valence-electron chi connectivity index (χ2n) is 10.1. The summed E-state index contributed by atoms with van der Waals surface area (Å²) < 4.78 is 68.2. The number of nitrogens with zero attached hydrogens (tertiary/aromatic N) is 4. The first-order valence-electron chi connectivity index (χ1n) is 12.5. The Bertz CT molecular complexity index is 1400. The number of anilines is 2. The van der Waals surface area contributed by atoms with Gasteiger partial charge in [-0.1, -0.05) is 29.8 Å². The minimum Gasteiger partial charge on any atom is -0.370 e. The van der Waals surface area contributed by atoms with Gasteiger partial charge in [0.2, 0.25) is 0 Å². The first-order chi connectivity index (χ1) is 18.3. The van der Waals surface area contributed by atoms with Gasteiger partial charge in [0, 0.05) is 30.5 Å². The Morgan fingerprint density at radius 2 is 1.95 bits per heavy atom. The molecule has 39 heavy (non-hydrogen) atoms. The molecule has 1 aliphatic rings. The second-order valence-corrected chi connectivity index (χ2v) is 12.1. The molecule has 2 aromatic carbocycles. The number of likely N-dealkylation sites (N-methyl/N-ethyl adjacent to an activating group) is 1. The minimum absolute atomic E-state index is 0.0213. The molecule has 1 aliphatic heterocycles. The molecule has 3 aromatic rings. The summed E-state index contributed by atoms with van der Waals surface area (Å²) in [6.45, 7) is 3.07. The van der Waals surface area contributed by atoms with Crippen LogP contribution in [0.25, 0.3) is 0 Å². The van der Waals surface area contributed by atoms with Crippen molar-refractivity contribution in [2.45, 2.75) is 49.2 Å². The van der Waals surface area contributed by atoms with E-state index in [1.54, 1.807) is 25.1 Å². The third kappa shape index (κ3) is 6.64. The number of hydrogen-bond donors (Lipinski definition) is 1. The summed E-state index contributed by atoms with van der Waals surface area (Å²) in [7, 11) is -0.0140. The van der Waals surface area contributed by atoms with Gasteiger partial charge < -0.3 is 9.80 Å². The molecule has 1 fully saturated rings. The van der Waals surface area contributed by atoms with Gasteiger partial charge in [-0.05, 0) is 82.1 Å². The average molecular weight is 582 g/mol. The van der Waals surface area contributed by atoms with Crippen molar-refractivity contribution in [3.63, 3.8) is 0 Å². The fraction of sp³-hybridized carbons (Fsp3) is 0.407. The van der Waals surface area contributed by atoms with Crippen molar-refractivity contribution < 1.29 is 21.6 Å². The molecule has 210 valence electrons. The normalized spacial score (nSPS) is 18.4. The zero-order valence-electron chi connectivity index (χ0n) is 22.0. The maximum atomic E-state index is 13.2. The van der Waals surface area contributed by atoms with Crippen LogP contribution in [0.4, 0.5) is 24.7 Å². The predicted molar refractivity (Wildman–Crippen MR) is 147 cm³/mol. The van der Waals surface area contributed by atoms with Gasteiger partial charge in [0.15, 0.2) is 0 Å². The van der Waals surface area contributed by atoms with E-state index in [1.165, 1.54) is 30.7 Å². The second kappa shape index (κ2) is 11.3. The number of hydrogen-bond acceptors (Lipinski definition) is 6. The van der Waals surface area contributed by atoms with Crippen molar-refractivity contribution in [1.82, 2.24) is 14.9 Å². The van der Waals surface area contributed by atoms with Crippen LogP contribution in [0.15, 0.2) is 59.9 Å². The molecule has 12 heteroatoms. The van der Waals surface area contributed by atoms with Gasteiger partial charge in [-0.2, -0.15) is 13.2 Å². The van der Waals surface area contributed by atoms with E-state index in [0.29, 0.717) is 30.5 Å². The first-order valence-corrected chi connectivity index (χ1v) is 14.3. The van der Waals surface area contributed by atoms with Crippen LogP contribution in [-0.2, 0) is 22.6 Å². The summed E-state index contributed by atoms with van der Waals surface area (Å²) in [5.41, 5.74) is 1.01. The van der Waals surface area contributed by atoms with E-state index in [2.05, 4.69) is 24.5 Å². The molecular formula is C27H31ClF3N5O2S. The third-order valence-electron chi connectivity index (χ3n) is 7.31. The lowest BCUT2D eigenvalue weighted by Crippen LogP contribution is -2.56. The summed E-state index contributed by atoms with van der Waals surface area (Å²) in [6, 6.07) is 10.4. The van der Waals surface area contributed by atoms with Crippen LogP contribution in [0.2, 0.25) is 5.02 Å². The molecule has 0 bridgehead atoms. The largest absolute Gasteiger partial charge is 0.416 e. The number of sulfonamides is 1. The van der Waals surface area contributed by atoms with Crippen molar-refractivity contribution in [3.05, 3.63) is 76.7 Å². The molecule has 1 N–H and O–H groups in total. The van der Waals surface area contributed by atoms with Crippen LogP contribution < -0.4 is 9.62 Å². The Morgan fingerprint density at radius 3 is 2.59 bits per heavy atom. The Kier molecular flexibility index (Phi) is 8.44. The highest BCUT2D eigenvalue weighted by atomic mass is 35.5. The number of rotatable bonds is 8. The number of halogens is 4. The van der Waals surface area contributed by atoms with E-state index in [1.807, 2.05) is 14.1 Å². The minimum atomic E-state index is -4.38. The van der Waals surface area contributed by atoms with Crippen LogP contribution >= 0.6 is 11.6 Å². The molecule has 0 aliphatic carbocycles. The quantitative estimate of drug-likeness (QED) is 0.363. The third-order valence-corrected chi connectivity index (χ3v) is 9.27. The molecule has 1 atom stereocenters. The number of alkyl halides is 3. The van der Waals surface area contributed by atoms with Crippen LogP contribution in [0.5, 0.6) is 0 Å². The van der Waals surface area contributed by atoms with Gasteiger partial charge in [0.05, 0.1) is 10.6 Å². The van der Waals surface area contributed by atoms with Crippen molar-refractivity contribution in [1.29, 1.82) is 0 Å². The Balaban J connectivity index is 1.56. The Morgan fingerprint density at radius 1 is 1.18 bits per heavy atom. The maximum Gasteiger partial charge on any atom is 0.416 e. The fourth-order valence-corrected chi connectivity index (χ4v) is 7.04. The monoisotopic (exact) mass is 581 g/mol. The summed E-state index contributed by atoms with van der Waals surface area (Å²) in [4.78, 5) is 12.0. The van der Waals surface area contributed by atoms with Crippen molar-refractivity contribution >= 4 is 33.1 Å². The van der Waals surface area contributed by atoms with Crippen molar-refractivity contribution in [2.24, 2.45) is 0 Å². The fourth-order valence-electron chi connectivity index (χ4n) is 5.18. The zero-order chi connectivity index (χ0) is 28.4.